The third-order valence-electron chi connectivity index (χ3n) is 3.07. The minimum Gasteiger partial charge on any atom is -0.489 e. The van der Waals surface area contributed by atoms with Gasteiger partial charge in [-0.25, -0.2) is 0 Å². The molecular weight excluding hydrogens is 290 g/mol. The second-order valence-corrected chi connectivity index (χ2v) is 5.13. The summed E-state index contributed by atoms with van der Waals surface area (Å²) in [6.45, 7) is 2.41. The van der Waals surface area contributed by atoms with Crippen molar-refractivity contribution < 1.29 is 9.66 Å². The fourth-order valence-electron chi connectivity index (χ4n) is 2.00. The van der Waals surface area contributed by atoms with E-state index in [1.54, 1.807) is 6.07 Å². The van der Waals surface area contributed by atoms with Gasteiger partial charge in [0, 0.05) is 6.07 Å². The van der Waals surface area contributed by atoms with Gasteiger partial charge in [0.15, 0.2) is 0 Å². The Bertz CT molecular complexity index is 626. The average molecular weight is 306 g/mol. The second-order valence-electron chi connectivity index (χ2n) is 4.73. The summed E-state index contributed by atoms with van der Waals surface area (Å²) < 4.78 is 5.63. The first-order valence-electron chi connectivity index (χ1n) is 6.74. The van der Waals surface area contributed by atoms with Crippen LogP contribution in [0.5, 0.6) is 5.75 Å². The van der Waals surface area contributed by atoms with E-state index in [2.05, 4.69) is 6.92 Å². The summed E-state index contributed by atoms with van der Waals surface area (Å²) in [5, 5.41) is 11.0. The molecule has 0 spiro atoms. The summed E-state index contributed by atoms with van der Waals surface area (Å²) in [7, 11) is 0. The zero-order valence-electron chi connectivity index (χ0n) is 11.7. The van der Waals surface area contributed by atoms with Gasteiger partial charge in [-0.05, 0) is 35.7 Å². The molecule has 0 aliphatic rings. The van der Waals surface area contributed by atoms with Crippen molar-refractivity contribution >= 4 is 17.3 Å². The molecule has 0 atom stereocenters. The van der Waals surface area contributed by atoms with E-state index >= 15 is 0 Å². The Labute approximate surface area is 128 Å². The first-order chi connectivity index (χ1) is 10.1. The average Bonchev–Trinajstić information content (AvgIpc) is 2.48. The number of hydrogen-bond acceptors (Lipinski definition) is 3. The predicted octanol–water partition coefficient (Wildman–Crippen LogP) is 4.78. The van der Waals surface area contributed by atoms with Crippen molar-refractivity contribution in [3.05, 3.63) is 68.7 Å². The van der Waals surface area contributed by atoms with Gasteiger partial charge in [0.1, 0.15) is 17.4 Å². The van der Waals surface area contributed by atoms with Crippen LogP contribution in [0.1, 0.15) is 24.5 Å². The van der Waals surface area contributed by atoms with Crippen LogP contribution in [0.4, 0.5) is 5.69 Å². The maximum atomic E-state index is 10.8. The van der Waals surface area contributed by atoms with Gasteiger partial charge in [-0.15, -0.1) is 0 Å². The van der Waals surface area contributed by atoms with Crippen molar-refractivity contribution in [3.63, 3.8) is 0 Å². The normalized spacial score (nSPS) is 10.4. The lowest BCUT2D eigenvalue weighted by molar-refractivity contribution is -0.384. The Hall–Kier alpha value is -2.07. The first-order valence-corrected chi connectivity index (χ1v) is 7.12. The maximum absolute atomic E-state index is 10.8. The van der Waals surface area contributed by atoms with Gasteiger partial charge in [-0.2, -0.15) is 0 Å². The topological polar surface area (TPSA) is 52.4 Å². The van der Waals surface area contributed by atoms with Crippen molar-refractivity contribution in [1.82, 2.24) is 0 Å². The standard InChI is InChI=1S/C16H16ClNO3/c1-2-3-12-4-7-14(8-5-12)21-11-13-6-9-15(17)16(10-13)18(19)20/h4-10H,2-3,11H2,1H3. The Balaban J connectivity index is 2.02. The summed E-state index contributed by atoms with van der Waals surface area (Å²) in [6.07, 6.45) is 2.15. The Morgan fingerprint density at radius 2 is 1.81 bits per heavy atom. The first kappa shape index (κ1) is 15.3. The van der Waals surface area contributed by atoms with Crippen LogP contribution in [0, 0.1) is 10.1 Å². The summed E-state index contributed by atoms with van der Waals surface area (Å²) in [6, 6.07) is 12.6. The maximum Gasteiger partial charge on any atom is 0.288 e. The summed E-state index contributed by atoms with van der Waals surface area (Å²) in [5.41, 5.74) is 1.88. The van der Waals surface area contributed by atoms with E-state index < -0.39 is 4.92 Å². The number of aryl methyl sites for hydroxylation is 1. The van der Waals surface area contributed by atoms with Gasteiger partial charge in [-0.1, -0.05) is 43.1 Å². The second kappa shape index (κ2) is 7.09. The van der Waals surface area contributed by atoms with Gasteiger partial charge in [-0.3, -0.25) is 10.1 Å². The van der Waals surface area contributed by atoms with Crippen LogP contribution in [0.2, 0.25) is 5.02 Å². The number of benzene rings is 2. The van der Waals surface area contributed by atoms with Gasteiger partial charge < -0.3 is 4.74 Å². The van der Waals surface area contributed by atoms with Crippen molar-refractivity contribution in [2.45, 2.75) is 26.4 Å². The van der Waals surface area contributed by atoms with Crippen LogP contribution in [0.3, 0.4) is 0 Å². The zero-order valence-corrected chi connectivity index (χ0v) is 12.5. The molecule has 0 fully saturated rings. The molecule has 0 bridgehead atoms. The number of ether oxygens (including phenoxy) is 1. The van der Waals surface area contributed by atoms with Gasteiger partial charge in [0.2, 0.25) is 0 Å². The molecule has 0 radical (unpaired) electrons. The molecule has 2 rings (SSSR count). The molecule has 110 valence electrons. The molecule has 2 aromatic rings. The number of hydrogen-bond donors (Lipinski definition) is 0. The highest BCUT2D eigenvalue weighted by Crippen LogP contribution is 2.25. The molecule has 0 heterocycles. The molecule has 0 N–H and O–H groups in total. The lowest BCUT2D eigenvalue weighted by atomic mass is 10.1. The molecule has 0 aliphatic heterocycles. The highest BCUT2D eigenvalue weighted by Gasteiger charge is 2.12. The molecule has 4 nitrogen and oxygen atoms in total. The number of nitro groups is 1. The smallest absolute Gasteiger partial charge is 0.288 e. The molecular formula is C16H16ClNO3. The Morgan fingerprint density at radius 3 is 2.43 bits per heavy atom. The van der Waals surface area contributed by atoms with Crippen LogP contribution in [-0.2, 0) is 13.0 Å². The molecule has 0 unspecified atom stereocenters. The van der Waals surface area contributed by atoms with Crippen LogP contribution in [-0.4, -0.2) is 4.92 Å². The summed E-state index contributed by atoms with van der Waals surface area (Å²) in [4.78, 5) is 10.3. The van der Waals surface area contributed by atoms with E-state index in [1.165, 1.54) is 17.7 Å². The van der Waals surface area contributed by atoms with Crippen LogP contribution in [0.25, 0.3) is 0 Å². The lowest BCUT2D eigenvalue weighted by Gasteiger charge is -2.07. The highest BCUT2D eigenvalue weighted by molar-refractivity contribution is 6.32. The molecule has 21 heavy (non-hydrogen) atoms. The van der Waals surface area contributed by atoms with E-state index in [9.17, 15) is 10.1 Å². The molecule has 0 aromatic heterocycles. The lowest BCUT2D eigenvalue weighted by Crippen LogP contribution is -1.97. The van der Waals surface area contributed by atoms with Crippen molar-refractivity contribution in [3.8, 4) is 5.75 Å². The van der Waals surface area contributed by atoms with Gasteiger partial charge in [0.05, 0.1) is 4.92 Å². The Morgan fingerprint density at radius 1 is 1.14 bits per heavy atom. The summed E-state index contributed by atoms with van der Waals surface area (Å²) in [5.74, 6) is 0.743. The molecule has 0 saturated heterocycles. The minimum atomic E-state index is -0.495. The molecule has 0 aliphatic carbocycles. The van der Waals surface area contributed by atoms with E-state index in [4.69, 9.17) is 16.3 Å². The van der Waals surface area contributed by atoms with Gasteiger partial charge in [0.25, 0.3) is 5.69 Å². The fourth-order valence-corrected chi connectivity index (χ4v) is 2.18. The molecule has 0 amide bonds. The van der Waals surface area contributed by atoms with E-state index in [-0.39, 0.29) is 17.3 Å². The third-order valence-corrected chi connectivity index (χ3v) is 3.39. The van der Waals surface area contributed by atoms with E-state index in [1.807, 2.05) is 24.3 Å². The number of rotatable bonds is 6. The van der Waals surface area contributed by atoms with Crippen LogP contribution in [0.15, 0.2) is 42.5 Å². The molecule has 0 saturated carbocycles. The van der Waals surface area contributed by atoms with E-state index in [0.717, 1.165) is 18.6 Å². The zero-order chi connectivity index (χ0) is 15.2. The van der Waals surface area contributed by atoms with Gasteiger partial charge >= 0.3 is 0 Å². The third kappa shape index (κ3) is 4.20. The van der Waals surface area contributed by atoms with Crippen molar-refractivity contribution in [1.29, 1.82) is 0 Å². The van der Waals surface area contributed by atoms with Crippen LogP contribution >= 0.6 is 11.6 Å². The van der Waals surface area contributed by atoms with Crippen LogP contribution < -0.4 is 4.74 Å². The number of halogens is 1. The van der Waals surface area contributed by atoms with E-state index in [0.29, 0.717) is 5.56 Å². The molecule has 2 aromatic carbocycles. The number of nitro benzene ring substituents is 1. The minimum absolute atomic E-state index is 0.101. The predicted molar refractivity (Wildman–Crippen MR) is 82.9 cm³/mol. The summed E-state index contributed by atoms with van der Waals surface area (Å²) >= 11 is 5.77. The Kier molecular flexibility index (Phi) is 5.17. The quantitative estimate of drug-likeness (QED) is 0.570. The number of nitrogens with zero attached hydrogens (tertiary/aromatic N) is 1. The monoisotopic (exact) mass is 305 g/mol. The SMILES string of the molecule is CCCc1ccc(OCc2ccc(Cl)c([N+](=O)[O-])c2)cc1. The largest absolute Gasteiger partial charge is 0.489 e. The van der Waals surface area contributed by atoms with Crippen molar-refractivity contribution in [2.75, 3.05) is 0 Å². The molecule has 5 heteroatoms. The fraction of sp³-hybridized carbons (Fsp3) is 0.250. The van der Waals surface area contributed by atoms with Crippen molar-refractivity contribution in [2.24, 2.45) is 0 Å². The highest BCUT2D eigenvalue weighted by atomic mass is 35.5.